The van der Waals surface area contributed by atoms with Crippen molar-refractivity contribution >= 4 is 11.9 Å². The summed E-state index contributed by atoms with van der Waals surface area (Å²) in [5.74, 6) is -1.20. The Labute approximate surface area is 107 Å². The molecule has 1 fully saturated rings. The molecule has 0 spiro atoms. The molecule has 0 bridgehead atoms. The van der Waals surface area contributed by atoms with Crippen molar-refractivity contribution in [2.75, 3.05) is 20.8 Å². The van der Waals surface area contributed by atoms with Gasteiger partial charge in [0, 0.05) is 27.2 Å². The quantitative estimate of drug-likeness (QED) is 0.778. The number of amides is 1. The molecule has 6 nitrogen and oxygen atoms in total. The van der Waals surface area contributed by atoms with E-state index in [-0.39, 0.29) is 18.4 Å². The summed E-state index contributed by atoms with van der Waals surface area (Å²) in [5.41, 5.74) is -0.592. The molecule has 1 heterocycles. The molecule has 1 saturated heterocycles. The zero-order valence-electron chi connectivity index (χ0n) is 11.3. The van der Waals surface area contributed by atoms with Gasteiger partial charge >= 0.3 is 5.97 Å². The molecule has 1 aliphatic rings. The Morgan fingerprint density at radius 3 is 2.44 bits per heavy atom. The predicted octanol–water partition coefficient (Wildman–Crippen LogP) is 0.502. The van der Waals surface area contributed by atoms with Crippen LogP contribution in [0.5, 0.6) is 0 Å². The van der Waals surface area contributed by atoms with Crippen LogP contribution >= 0.6 is 0 Å². The Morgan fingerprint density at radius 1 is 1.39 bits per heavy atom. The summed E-state index contributed by atoms with van der Waals surface area (Å²) in [6.07, 6.45) is 0.287. The second kappa shape index (κ2) is 5.67. The molecule has 0 aromatic heterocycles. The SMILES string of the molecule is COC1CC(C(=O)O)N(C(=O)CC(C)(C)OC)C1. The Morgan fingerprint density at radius 2 is 2.00 bits per heavy atom. The fourth-order valence-electron chi connectivity index (χ4n) is 2.02. The van der Waals surface area contributed by atoms with Crippen LogP contribution in [-0.4, -0.2) is 60.4 Å². The van der Waals surface area contributed by atoms with Crippen molar-refractivity contribution in [1.29, 1.82) is 0 Å². The maximum Gasteiger partial charge on any atom is 0.326 e. The number of carbonyl (C=O) groups excluding carboxylic acids is 1. The lowest BCUT2D eigenvalue weighted by Crippen LogP contribution is -2.43. The van der Waals surface area contributed by atoms with E-state index in [9.17, 15) is 9.59 Å². The second-order valence-corrected chi connectivity index (χ2v) is 5.13. The molecule has 2 atom stereocenters. The van der Waals surface area contributed by atoms with Crippen LogP contribution in [0.4, 0.5) is 0 Å². The monoisotopic (exact) mass is 259 g/mol. The van der Waals surface area contributed by atoms with E-state index >= 15 is 0 Å². The van der Waals surface area contributed by atoms with Gasteiger partial charge in [0.1, 0.15) is 6.04 Å². The molecular weight excluding hydrogens is 238 g/mol. The molecular formula is C12H21NO5. The molecule has 1 aliphatic heterocycles. The Kier molecular flexibility index (Phi) is 4.70. The summed E-state index contributed by atoms with van der Waals surface area (Å²) in [6.45, 7) is 3.92. The molecule has 0 saturated carbocycles. The summed E-state index contributed by atoms with van der Waals surface area (Å²) >= 11 is 0. The van der Waals surface area contributed by atoms with Crippen molar-refractivity contribution < 1.29 is 24.2 Å². The van der Waals surface area contributed by atoms with Crippen molar-refractivity contribution in [3.8, 4) is 0 Å². The zero-order chi connectivity index (χ0) is 13.9. The van der Waals surface area contributed by atoms with Crippen molar-refractivity contribution in [2.45, 2.75) is 44.4 Å². The van der Waals surface area contributed by atoms with Crippen LogP contribution in [0, 0.1) is 0 Å². The number of carboxylic acid groups (broad SMARTS) is 1. The highest BCUT2D eigenvalue weighted by Gasteiger charge is 2.40. The number of hydrogen-bond donors (Lipinski definition) is 1. The van der Waals surface area contributed by atoms with Gasteiger partial charge in [-0.1, -0.05) is 0 Å². The largest absolute Gasteiger partial charge is 0.480 e. The van der Waals surface area contributed by atoms with E-state index in [0.717, 1.165) is 0 Å². The Hall–Kier alpha value is -1.14. The van der Waals surface area contributed by atoms with Crippen molar-refractivity contribution in [3.63, 3.8) is 0 Å². The first kappa shape index (κ1) is 14.9. The van der Waals surface area contributed by atoms with Gasteiger partial charge in [-0.15, -0.1) is 0 Å². The minimum absolute atomic E-state index is 0.156. The Bertz CT molecular complexity index is 328. The van der Waals surface area contributed by atoms with E-state index in [4.69, 9.17) is 14.6 Å². The molecule has 18 heavy (non-hydrogen) atoms. The van der Waals surface area contributed by atoms with Gasteiger partial charge in [-0.2, -0.15) is 0 Å². The van der Waals surface area contributed by atoms with E-state index in [1.165, 1.54) is 19.1 Å². The minimum atomic E-state index is -0.988. The third-order valence-electron chi connectivity index (χ3n) is 3.33. The average molecular weight is 259 g/mol. The minimum Gasteiger partial charge on any atom is -0.480 e. The molecule has 1 N–H and O–H groups in total. The average Bonchev–Trinajstić information content (AvgIpc) is 2.72. The highest BCUT2D eigenvalue weighted by atomic mass is 16.5. The van der Waals surface area contributed by atoms with Crippen LogP contribution in [0.15, 0.2) is 0 Å². The van der Waals surface area contributed by atoms with Gasteiger partial charge in [0.05, 0.1) is 18.1 Å². The van der Waals surface area contributed by atoms with Gasteiger partial charge in [-0.05, 0) is 13.8 Å². The van der Waals surface area contributed by atoms with Crippen LogP contribution < -0.4 is 0 Å². The highest BCUT2D eigenvalue weighted by Crippen LogP contribution is 2.24. The summed E-state index contributed by atoms with van der Waals surface area (Å²) in [4.78, 5) is 24.6. The zero-order valence-corrected chi connectivity index (χ0v) is 11.3. The number of carbonyl (C=O) groups is 2. The highest BCUT2D eigenvalue weighted by molar-refractivity contribution is 5.85. The normalized spacial score (nSPS) is 24.3. The maximum absolute atomic E-state index is 12.1. The lowest BCUT2D eigenvalue weighted by Gasteiger charge is -2.27. The van der Waals surface area contributed by atoms with Crippen LogP contribution in [0.25, 0.3) is 0 Å². The van der Waals surface area contributed by atoms with Gasteiger partial charge in [0.2, 0.25) is 5.91 Å². The molecule has 0 aromatic rings. The van der Waals surface area contributed by atoms with Crippen LogP contribution in [0.1, 0.15) is 26.7 Å². The predicted molar refractivity (Wildman–Crippen MR) is 64.3 cm³/mol. The smallest absolute Gasteiger partial charge is 0.326 e. The van der Waals surface area contributed by atoms with Crippen molar-refractivity contribution in [3.05, 3.63) is 0 Å². The number of rotatable bonds is 5. The van der Waals surface area contributed by atoms with Gasteiger partial charge < -0.3 is 19.5 Å². The van der Waals surface area contributed by atoms with Gasteiger partial charge in [0.15, 0.2) is 0 Å². The molecule has 104 valence electrons. The summed E-state index contributed by atoms with van der Waals surface area (Å²) < 4.78 is 10.3. The lowest BCUT2D eigenvalue weighted by molar-refractivity contribution is -0.150. The van der Waals surface area contributed by atoms with E-state index in [1.54, 1.807) is 13.8 Å². The maximum atomic E-state index is 12.1. The molecule has 6 heteroatoms. The van der Waals surface area contributed by atoms with Crippen LogP contribution in [0.2, 0.25) is 0 Å². The van der Waals surface area contributed by atoms with Gasteiger partial charge in [-0.3, -0.25) is 4.79 Å². The first-order valence-electron chi connectivity index (χ1n) is 5.91. The molecule has 1 rings (SSSR count). The number of likely N-dealkylation sites (tertiary alicyclic amines) is 1. The lowest BCUT2D eigenvalue weighted by atomic mass is 10.0. The summed E-state index contributed by atoms with van der Waals surface area (Å²) in [5, 5.41) is 9.12. The Balaban J connectivity index is 2.74. The number of ether oxygens (including phenoxy) is 2. The van der Waals surface area contributed by atoms with Crippen molar-refractivity contribution in [2.24, 2.45) is 0 Å². The number of hydrogen-bond acceptors (Lipinski definition) is 4. The molecule has 0 aromatic carbocycles. The second-order valence-electron chi connectivity index (χ2n) is 5.13. The molecule has 0 radical (unpaired) electrons. The van der Waals surface area contributed by atoms with E-state index < -0.39 is 17.6 Å². The number of methoxy groups -OCH3 is 2. The summed E-state index contributed by atoms with van der Waals surface area (Å²) in [6, 6.07) is -0.796. The fourth-order valence-corrected chi connectivity index (χ4v) is 2.02. The molecule has 0 aliphatic carbocycles. The van der Waals surface area contributed by atoms with Gasteiger partial charge in [0.25, 0.3) is 0 Å². The number of carboxylic acids is 1. The third kappa shape index (κ3) is 3.43. The van der Waals surface area contributed by atoms with Gasteiger partial charge in [-0.25, -0.2) is 4.79 Å². The van der Waals surface area contributed by atoms with E-state index in [0.29, 0.717) is 13.0 Å². The molecule has 2 unspecified atom stereocenters. The number of aliphatic carboxylic acids is 1. The first-order valence-corrected chi connectivity index (χ1v) is 5.91. The standard InChI is InChI=1S/C12H21NO5/c1-12(2,18-4)6-10(14)13-7-8(17-3)5-9(13)11(15)16/h8-9H,5-7H2,1-4H3,(H,15,16). The third-order valence-corrected chi connectivity index (χ3v) is 3.33. The molecule has 1 amide bonds. The van der Waals surface area contributed by atoms with Crippen molar-refractivity contribution in [1.82, 2.24) is 4.90 Å². The van der Waals surface area contributed by atoms with E-state index in [2.05, 4.69) is 0 Å². The summed E-state index contributed by atoms with van der Waals surface area (Å²) in [7, 11) is 3.06. The van der Waals surface area contributed by atoms with E-state index in [1.807, 2.05) is 0 Å². The topological polar surface area (TPSA) is 76.1 Å². The fraction of sp³-hybridized carbons (Fsp3) is 0.833. The van der Waals surface area contributed by atoms with Crippen LogP contribution in [0.3, 0.4) is 0 Å². The number of nitrogens with zero attached hydrogens (tertiary/aromatic N) is 1. The first-order chi connectivity index (χ1) is 8.30. The van der Waals surface area contributed by atoms with Crippen LogP contribution in [-0.2, 0) is 19.1 Å².